The number of hydrogen-bond acceptors (Lipinski definition) is 5. The fourth-order valence-corrected chi connectivity index (χ4v) is 7.73. The maximum atomic E-state index is 13.4. The van der Waals surface area contributed by atoms with Crippen molar-refractivity contribution in [2.75, 3.05) is 43.4 Å². The van der Waals surface area contributed by atoms with Gasteiger partial charge in [0.25, 0.3) is 0 Å². The maximum Gasteiger partial charge on any atom is 0.416 e. The van der Waals surface area contributed by atoms with Crippen LogP contribution in [0.5, 0.6) is 0 Å². The first-order valence-electron chi connectivity index (χ1n) is 13.8. The Bertz CT molecular complexity index is 1240. The molecule has 2 aliphatic carbocycles. The van der Waals surface area contributed by atoms with E-state index in [0.717, 1.165) is 51.5 Å². The minimum atomic E-state index is -4.42. The summed E-state index contributed by atoms with van der Waals surface area (Å²) in [6.07, 6.45) is -0.818. The second kappa shape index (κ2) is 8.69. The monoisotopic (exact) mass is 525 g/mol. The number of halogens is 3. The number of carbonyl (C=O) groups excluding carboxylic acids is 1. The van der Waals surface area contributed by atoms with Gasteiger partial charge >= 0.3 is 6.18 Å². The van der Waals surface area contributed by atoms with Crippen LogP contribution in [0.25, 0.3) is 0 Å². The summed E-state index contributed by atoms with van der Waals surface area (Å²) in [5.74, 6) is 0.735. The summed E-state index contributed by atoms with van der Waals surface area (Å²) in [5, 5.41) is 2.86. The third kappa shape index (κ3) is 3.85. The van der Waals surface area contributed by atoms with Crippen molar-refractivity contribution in [3.63, 3.8) is 0 Å². The number of amides is 1. The molecule has 38 heavy (non-hydrogen) atoms. The lowest BCUT2D eigenvalue weighted by Crippen LogP contribution is -2.44. The number of anilines is 2. The zero-order chi connectivity index (χ0) is 26.2. The number of benzene rings is 2. The van der Waals surface area contributed by atoms with Gasteiger partial charge < -0.3 is 15.1 Å². The van der Waals surface area contributed by atoms with Gasteiger partial charge in [-0.25, -0.2) is 5.43 Å². The Balaban J connectivity index is 1.03. The van der Waals surface area contributed by atoms with E-state index in [1.54, 1.807) is 0 Å². The van der Waals surface area contributed by atoms with Crippen LogP contribution in [0.15, 0.2) is 42.5 Å². The van der Waals surface area contributed by atoms with E-state index in [1.165, 1.54) is 23.4 Å². The number of hydrazine groups is 1. The SMILES string of the molecule is CN1CCN(c2ccc(C3NNC4CC(C5C[C@@]56C(=O)Nc5ccc(C(F)(F)F)cc56)CCC43)cc2)CC1. The molecule has 6 atom stereocenters. The van der Waals surface area contributed by atoms with Crippen LogP contribution in [0, 0.1) is 17.8 Å². The van der Waals surface area contributed by atoms with E-state index in [4.69, 9.17) is 0 Å². The lowest BCUT2D eigenvalue weighted by Gasteiger charge is -2.35. The Morgan fingerprint density at radius 3 is 2.47 bits per heavy atom. The van der Waals surface area contributed by atoms with E-state index in [2.05, 4.69) is 57.3 Å². The summed E-state index contributed by atoms with van der Waals surface area (Å²) in [4.78, 5) is 17.8. The summed E-state index contributed by atoms with van der Waals surface area (Å²) in [6.45, 7) is 4.27. The Labute approximate surface area is 220 Å². The molecule has 0 aromatic heterocycles. The van der Waals surface area contributed by atoms with Gasteiger partial charge in [0.1, 0.15) is 0 Å². The van der Waals surface area contributed by atoms with Crippen LogP contribution in [0.3, 0.4) is 0 Å². The minimum absolute atomic E-state index is 0.0944. The van der Waals surface area contributed by atoms with Crippen LogP contribution in [0.4, 0.5) is 24.5 Å². The smallest absolute Gasteiger partial charge is 0.369 e. The van der Waals surface area contributed by atoms with Crippen molar-refractivity contribution in [3.8, 4) is 0 Å². The number of likely N-dealkylation sites (N-methyl/N-ethyl adjacent to an activating group) is 1. The Kier molecular flexibility index (Phi) is 5.59. The summed E-state index contributed by atoms with van der Waals surface area (Å²) in [5.41, 5.74) is 9.23. The average Bonchev–Trinajstić information content (AvgIpc) is 3.43. The highest BCUT2D eigenvalue weighted by molar-refractivity contribution is 6.09. The Morgan fingerprint density at radius 2 is 1.74 bits per heavy atom. The molecule has 4 fully saturated rings. The number of nitrogens with one attached hydrogen (secondary N) is 3. The largest absolute Gasteiger partial charge is 0.416 e. The molecule has 3 heterocycles. The molecule has 5 aliphatic rings. The lowest BCUT2D eigenvalue weighted by molar-refractivity contribution is -0.137. The van der Waals surface area contributed by atoms with Crippen molar-refractivity contribution in [1.29, 1.82) is 0 Å². The van der Waals surface area contributed by atoms with E-state index in [9.17, 15) is 18.0 Å². The number of hydrogen-bond donors (Lipinski definition) is 3. The molecule has 3 N–H and O–H groups in total. The van der Waals surface area contributed by atoms with Gasteiger partial charge in [0.15, 0.2) is 0 Å². The lowest BCUT2D eigenvalue weighted by atomic mass is 9.72. The quantitative estimate of drug-likeness (QED) is 0.558. The molecule has 2 saturated carbocycles. The number of fused-ring (bicyclic) bond motifs is 3. The highest BCUT2D eigenvalue weighted by Gasteiger charge is 2.67. The van der Waals surface area contributed by atoms with Gasteiger partial charge in [0, 0.05) is 43.6 Å². The predicted molar refractivity (Wildman–Crippen MR) is 140 cm³/mol. The van der Waals surface area contributed by atoms with Crippen molar-refractivity contribution in [3.05, 3.63) is 59.2 Å². The van der Waals surface area contributed by atoms with Gasteiger partial charge in [0.05, 0.1) is 17.0 Å². The normalized spacial score (nSPS) is 34.8. The van der Waals surface area contributed by atoms with Gasteiger partial charge in [-0.1, -0.05) is 12.1 Å². The van der Waals surface area contributed by atoms with Crippen LogP contribution >= 0.6 is 0 Å². The molecule has 1 spiro atoms. The molecular weight excluding hydrogens is 491 g/mol. The summed E-state index contributed by atoms with van der Waals surface area (Å²) >= 11 is 0. The number of carbonyl (C=O) groups is 1. The van der Waals surface area contributed by atoms with E-state index in [0.29, 0.717) is 35.5 Å². The molecule has 6 nitrogen and oxygen atoms in total. The molecule has 2 aromatic rings. The summed E-state index contributed by atoms with van der Waals surface area (Å²) in [7, 11) is 2.17. The molecule has 2 aromatic carbocycles. The summed E-state index contributed by atoms with van der Waals surface area (Å²) in [6, 6.07) is 13.2. The molecule has 202 valence electrons. The molecule has 5 unspecified atom stereocenters. The molecule has 7 rings (SSSR count). The summed E-state index contributed by atoms with van der Waals surface area (Å²) < 4.78 is 40.2. The van der Waals surface area contributed by atoms with Crippen LogP contribution < -0.4 is 21.1 Å². The van der Waals surface area contributed by atoms with E-state index < -0.39 is 17.2 Å². The first kappa shape index (κ1) is 24.4. The van der Waals surface area contributed by atoms with Gasteiger partial charge in [-0.15, -0.1) is 0 Å². The Morgan fingerprint density at radius 1 is 0.974 bits per heavy atom. The molecule has 1 amide bonds. The standard InChI is InChI=1S/C29H34F3N5O/c1-36-10-12-37(13-11-36)20-6-2-17(3-7-20)26-21-8-4-18(14-25(21)34-35-26)23-16-28(23)22-15-19(29(30,31)32)5-9-24(22)33-27(28)38/h2-3,5-7,9,15,18,21,23,25-26,34-35H,4,8,10-14,16H2,1H3,(H,33,38)/t18?,21?,23?,25?,26?,28-/m0/s1. The topological polar surface area (TPSA) is 59.6 Å². The molecule has 2 saturated heterocycles. The third-order valence-electron chi connectivity index (χ3n) is 9.98. The van der Waals surface area contributed by atoms with Gasteiger partial charge in [0.2, 0.25) is 5.91 Å². The van der Waals surface area contributed by atoms with Crippen LogP contribution in [-0.2, 0) is 16.4 Å². The number of piperazine rings is 1. The van der Waals surface area contributed by atoms with Crippen molar-refractivity contribution in [1.82, 2.24) is 15.8 Å². The maximum absolute atomic E-state index is 13.4. The first-order chi connectivity index (χ1) is 18.2. The van der Waals surface area contributed by atoms with Gasteiger partial charge in [-0.2, -0.15) is 13.2 Å². The highest BCUT2D eigenvalue weighted by Crippen LogP contribution is 2.65. The number of nitrogens with zero attached hydrogens (tertiary/aromatic N) is 2. The minimum Gasteiger partial charge on any atom is -0.369 e. The van der Waals surface area contributed by atoms with Crippen LogP contribution in [-0.4, -0.2) is 50.1 Å². The fraction of sp³-hybridized carbons (Fsp3) is 0.552. The fourth-order valence-electron chi connectivity index (χ4n) is 7.73. The van der Waals surface area contributed by atoms with Crippen molar-refractivity contribution in [2.45, 2.75) is 49.4 Å². The van der Waals surface area contributed by atoms with E-state index in [1.807, 2.05) is 0 Å². The van der Waals surface area contributed by atoms with Crippen molar-refractivity contribution >= 4 is 17.3 Å². The molecule has 3 aliphatic heterocycles. The number of rotatable bonds is 3. The highest BCUT2D eigenvalue weighted by atomic mass is 19.4. The van der Waals surface area contributed by atoms with Crippen LogP contribution in [0.2, 0.25) is 0 Å². The average molecular weight is 526 g/mol. The molecule has 0 radical (unpaired) electrons. The second-order valence-corrected chi connectivity index (χ2v) is 12.0. The molecular formula is C29H34F3N5O. The zero-order valence-electron chi connectivity index (χ0n) is 21.5. The van der Waals surface area contributed by atoms with Crippen LogP contribution in [0.1, 0.15) is 48.4 Å². The van der Waals surface area contributed by atoms with E-state index >= 15 is 0 Å². The van der Waals surface area contributed by atoms with Crippen molar-refractivity contribution < 1.29 is 18.0 Å². The zero-order valence-corrected chi connectivity index (χ0v) is 21.5. The number of alkyl halides is 3. The predicted octanol–water partition coefficient (Wildman–Crippen LogP) is 4.30. The van der Waals surface area contributed by atoms with Crippen molar-refractivity contribution in [2.24, 2.45) is 17.8 Å². The molecule has 0 bridgehead atoms. The van der Waals surface area contributed by atoms with Gasteiger partial charge in [-0.05, 0) is 91.9 Å². The van der Waals surface area contributed by atoms with E-state index in [-0.39, 0.29) is 17.9 Å². The second-order valence-electron chi connectivity index (χ2n) is 12.0. The first-order valence-corrected chi connectivity index (χ1v) is 13.8. The third-order valence-corrected chi connectivity index (χ3v) is 9.98. The Hall–Kier alpha value is -2.62. The van der Waals surface area contributed by atoms with Gasteiger partial charge in [-0.3, -0.25) is 10.2 Å². The molecule has 9 heteroatoms.